The zero-order chi connectivity index (χ0) is 13.7. The minimum Gasteiger partial charge on any atom is -0.378 e. The molecule has 1 unspecified atom stereocenters. The van der Waals surface area contributed by atoms with Gasteiger partial charge in [0.25, 0.3) is 0 Å². The summed E-state index contributed by atoms with van der Waals surface area (Å²) in [4.78, 5) is 0. The van der Waals surface area contributed by atoms with Crippen molar-refractivity contribution >= 4 is 5.69 Å². The van der Waals surface area contributed by atoms with Crippen LogP contribution in [0.1, 0.15) is 31.0 Å². The third kappa shape index (κ3) is 3.35. The molecule has 0 heterocycles. The smallest absolute Gasteiger partial charge is 0.0992 e. The Morgan fingerprint density at radius 2 is 1.74 bits per heavy atom. The summed E-state index contributed by atoms with van der Waals surface area (Å²) in [6, 6.07) is 20.4. The van der Waals surface area contributed by atoms with Gasteiger partial charge in [-0.05, 0) is 29.7 Å². The third-order valence-corrected chi connectivity index (χ3v) is 3.14. The molecule has 1 N–H and O–H groups in total. The molecular weight excluding hydrogens is 232 g/mol. The second-order valence-corrected chi connectivity index (χ2v) is 4.97. The van der Waals surface area contributed by atoms with Gasteiger partial charge in [0.05, 0.1) is 17.7 Å². The predicted octanol–water partition coefficient (Wildman–Crippen LogP) is 4.37. The maximum atomic E-state index is 8.94. The van der Waals surface area contributed by atoms with E-state index in [1.54, 1.807) is 0 Å². The van der Waals surface area contributed by atoms with Gasteiger partial charge in [-0.3, -0.25) is 0 Å². The second-order valence-electron chi connectivity index (χ2n) is 4.97. The molecule has 0 aliphatic carbocycles. The zero-order valence-electron chi connectivity index (χ0n) is 11.3. The van der Waals surface area contributed by atoms with E-state index in [0.29, 0.717) is 11.5 Å². The minimum absolute atomic E-state index is 0.246. The molecule has 0 aromatic heterocycles. The SMILES string of the molecule is CC(C)C(Nc1cccc(C#N)c1)c1ccccc1. The lowest BCUT2D eigenvalue weighted by molar-refractivity contribution is 0.546. The highest BCUT2D eigenvalue weighted by Crippen LogP contribution is 2.26. The van der Waals surface area contributed by atoms with Gasteiger partial charge < -0.3 is 5.32 Å². The Morgan fingerprint density at radius 3 is 2.37 bits per heavy atom. The summed E-state index contributed by atoms with van der Waals surface area (Å²) in [5, 5.41) is 12.5. The molecule has 0 amide bonds. The maximum absolute atomic E-state index is 8.94. The van der Waals surface area contributed by atoms with Crippen LogP contribution in [0, 0.1) is 17.2 Å². The molecule has 2 rings (SSSR count). The van der Waals surface area contributed by atoms with Crippen molar-refractivity contribution in [3.05, 3.63) is 65.7 Å². The zero-order valence-corrected chi connectivity index (χ0v) is 11.3. The lowest BCUT2D eigenvalue weighted by atomic mass is 9.95. The van der Waals surface area contributed by atoms with E-state index in [1.165, 1.54) is 5.56 Å². The summed E-state index contributed by atoms with van der Waals surface area (Å²) < 4.78 is 0. The lowest BCUT2D eigenvalue weighted by Crippen LogP contribution is -2.16. The van der Waals surface area contributed by atoms with Crippen molar-refractivity contribution in [1.82, 2.24) is 0 Å². The van der Waals surface area contributed by atoms with Crippen LogP contribution in [-0.4, -0.2) is 0 Å². The van der Waals surface area contributed by atoms with E-state index < -0.39 is 0 Å². The average molecular weight is 250 g/mol. The summed E-state index contributed by atoms with van der Waals surface area (Å²) >= 11 is 0. The molecular formula is C17H18N2. The number of nitrogens with one attached hydrogen (secondary N) is 1. The fourth-order valence-electron chi connectivity index (χ4n) is 2.15. The van der Waals surface area contributed by atoms with E-state index in [2.05, 4.69) is 49.5 Å². The van der Waals surface area contributed by atoms with Crippen molar-refractivity contribution in [2.45, 2.75) is 19.9 Å². The summed E-state index contributed by atoms with van der Waals surface area (Å²) in [5.41, 5.74) is 2.93. The first kappa shape index (κ1) is 13.2. The van der Waals surface area contributed by atoms with Crippen LogP contribution in [0.15, 0.2) is 54.6 Å². The van der Waals surface area contributed by atoms with Crippen LogP contribution in [0.4, 0.5) is 5.69 Å². The van der Waals surface area contributed by atoms with Crippen molar-refractivity contribution in [3.63, 3.8) is 0 Å². The van der Waals surface area contributed by atoms with E-state index in [1.807, 2.05) is 30.3 Å². The highest BCUT2D eigenvalue weighted by molar-refractivity contribution is 5.50. The monoisotopic (exact) mass is 250 g/mol. The Balaban J connectivity index is 2.25. The van der Waals surface area contributed by atoms with Crippen LogP contribution in [-0.2, 0) is 0 Å². The predicted molar refractivity (Wildman–Crippen MR) is 78.8 cm³/mol. The first-order valence-electron chi connectivity index (χ1n) is 6.52. The van der Waals surface area contributed by atoms with Crippen LogP contribution in [0.2, 0.25) is 0 Å². The normalized spacial score (nSPS) is 11.9. The quantitative estimate of drug-likeness (QED) is 0.874. The molecule has 0 aliphatic heterocycles. The van der Waals surface area contributed by atoms with E-state index in [0.717, 1.165) is 5.69 Å². The van der Waals surface area contributed by atoms with Gasteiger partial charge in [-0.25, -0.2) is 0 Å². The van der Waals surface area contributed by atoms with Gasteiger partial charge in [0.1, 0.15) is 0 Å². The second kappa shape index (κ2) is 6.06. The van der Waals surface area contributed by atoms with E-state index in [9.17, 15) is 0 Å². The molecule has 0 aliphatic rings. The topological polar surface area (TPSA) is 35.8 Å². The Bertz CT molecular complexity index is 567. The lowest BCUT2D eigenvalue weighted by Gasteiger charge is -2.24. The van der Waals surface area contributed by atoms with Crippen LogP contribution in [0.25, 0.3) is 0 Å². The molecule has 0 saturated heterocycles. The summed E-state index contributed by atoms with van der Waals surface area (Å²) in [7, 11) is 0. The largest absolute Gasteiger partial charge is 0.378 e. The molecule has 19 heavy (non-hydrogen) atoms. The van der Waals surface area contributed by atoms with Gasteiger partial charge in [-0.1, -0.05) is 50.2 Å². The molecule has 0 radical (unpaired) electrons. The third-order valence-electron chi connectivity index (χ3n) is 3.14. The number of hydrogen-bond acceptors (Lipinski definition) is 2. The minimum atomic E-state index is 0.246. The molecule has 1 atom stereocenters. The van der Waals surface area contributed by atoms with E-state index in [4.69, 9.17) is 5.26 Å². The number of benzene rings is 2. The highest BCUT2D eigenvalue weighted by Gasteiger charge is 2.15. The van der Waals surface area contributed by atoms with Gasteiger partial charge in [0.2, 0.25) is 0 Å². The average Bonchev–Trinajstić information content (AvgIpc) is 2.45. The Morgan fingerprint density at radius 1 is 1.00 bits per heavy atom. The summed E-state index contributed by atoms with van der Waals surface area (Å²) in [6.45, 7) is 4.39. The van der Waals surface area contributed by atoms with Gasteiger partial charge in [-0.15, -0.1) is 0 Å². The molecule has 2 nitrogen and oxygen atoms in total. The van der Waals surface area contributed by atoms with Gasteiger partial charge in [-0.2, -0.15) is 5.26 Å². The molecule has 2 aromatic carbocycles. The molecule has 2 aromatic rings. The Labute approximate surface area is 114 Å². The summed E-state index contributed by atoms with van der Waals surface area (Å²) in [5.74, 6) is 0.466. The van der Waals surface area contributed by atoms with Crippen LogP contribution in [0.5, 0.6) is 0 Å². The first-order valence-corrected chi connectivity index (χ1v) is 6.52. The highest BCUT2D eigenvalue weighted by atomic mass is 14.9. The van der Waals surface area contributed by atoms with Crippen LogP contribution in [0.3, 0.4) is 0 Å². The van der Waals surface area contributed by atoms with E-state index in [-0.39, 0.29) is 6.04 Å². The Hall–Kier alpha value is -2.27. The number of hydrogen-bond donors (Lipinski definition) is 1. The van der Waals surface area contributed by atoms with Gasteiger partial charge in [0, 0.05) is 5.69 Å². The molecule has 0 saturated carbocycles. The standard InChI is InChI=1S/C17H18N2/c1-13(2)17(15-8-4-3-5-9-15)19-16-10-6-7-14(11-16)12-18/h3-11,13,17,19H,1-2H3. The van der Waals surface area contributed by atoms with Gasteiger partial charge >= 0.3 is 0 Å². The summed E-state index contributed by atoms with van der Waals surface area (Å²) in [6.07, 6.45) is 0. The van der Waals surface area contributed by atoms with Crippen LogP contribution >= 0.6 is 0 Å². The number of rotatable bonds is 4. The number of anilines is 1. The van der Waals surface area contributed by atoms with E-state index >= 15 is 0 Å². The van der Waals surface area contributed by atoms with Crippen molar-refractivity contribution in [2.75, 3.05) is 5.32 Å². The fraction of sp³-hybridized carbons (Fsp3) is 0.235. The number of nitrogens with zero attached hydrogens (tertiary/aromatic N) is 1. The Kier molecular flexibility index (Phi) is 4.20. The van der Waals surface area contributed by atoms with Crippen molar-refractivity contribution in [3.8, 4) is 6.07 Å². The van der Waals surface area contributed by atoms with Crippen molar-refractivity contribution in [2.24, 2.45) is 5.92 Å². The fourth-order valence-corrected chi connectivity index (χ4v) is 2.15. The van der Waals surface area contributed by atoms with Crippen molar-refractivity contribution < 1.29 is 0 Å². The molecule has 2 heteroatoms. The molecule has 0 fully saturated rings. The molecule has 0 spiro atoms. The van der Waals surface area contributed by atoms with Gasteiger partial charge in [0.15, 0.2) is 0 Å². The molecule has 96 valence electrons. The maximum Gasteiger partial charge on any atom is 0.0992 e. The van der Waals surface area contributed by atoms with Crippen molar-refractivity contribution in [1.29, 1.82) is 5.26 Å². The molecule has 0 bridgehead atoms. The first-order chi connectivity index (χ1) is 9.20. The van der Waals surface area contributed by atoms with Crippen LogP contribution < -0.4 is 5.32 Å². The number of nitriles is 1.